The topological polar surface area (TPSA) is 51.6 Å². The van der Waals surface area contributed by atoms with Crippen LogP contribution in [0.5, 0.6) is 0 Å². The Bertz CT molecular complexity index is 311. The van der Waals surface area contributed by atoms with Gasteiger partial charge in [-0.3, -0.25) is 4.90 Å². The Morgan fingerprint density at radius 1 is 1.62 bits per heavy atom. The maximum Gasteiger partial charge on any atom is 0.122 e. The largest absolute Gasteiger partial charge is 0.468 e. The lowest BCUT2D eigenvalue weighted by Gasteiger charge is -2.29. The Morgan fingerprint density at radius 2 is 2.44 bits per heavy atom. The monoisotopic (exact) mass is 224 g/mol. The summed E-state index contributed by atoms with van der Waals surface area (Å²) in [6.45, 7) is 3.97. The van der Waals surface area contributed by atoms with Crippen molar-refractivity contribution < 1.29 is 9.15 Å². The predicted molar refractivity (Wildman–Crippen MR) is 62.1 cm³/mol. The minimum absolute atomic E-state index is 0.0572. The van der Waals surface area contributed by atoms with E-state index in [-0.39, 0.29) is 12.1 Å². The van der Waals surface area contributed by atoms with Crippen LogP contribution in [0.1, 0.15) is 25.1 Å². The molecule has 4 heteroatoms. The summed E-state index contributed by atoms with van der Waals surface area (Å²) in [5.41, 5.74) is 6.05. The molecular weight excluding hydrogens is 204 g/mol. The average molecular weight is 224 g/mol. The number of methoxy groups -OCH3 is 1. The fraction of sp³-hybridized carbons (Fsp3) is 0.667. The van der Waals surface area contributed by atoms with Crippen molar-refractivity contribution in [2.45, 2.75) is 31.5 Å². The van der Waals surface area contributed by atoms with Gasteiger partial charge in [-0.25, -0.2) is 0 Å². The van der Waals surface area contributed by atoms with E-state index >= 15 is 0 Å². The van der Waals surface area contributed by atoms with Crippen molar-refractivity contribution in [2.75, 3.05) is 20.2 Å². The number of hydrogen-bond donors (Lipinski definition) is 1. The van der Waals surface area contributed by atoms with Crippen molar-refractivity contribution in [3.8, 4) is 0 Å². The van der Waals surface area contributed by atoms with Gasteiger partial charge in [0.2, 0.25) is 0 Å². The van der Waals surface area contributed by atoms with Crippen LogP contribution in [0.3, 0.4) is 0 Å². The second-order valence-electron chi connectivity index (χ2n) is 4.46. The molecule has 1 fully saturated rings. The quantitative estimate of drug-likeness (QED) is 0.839. The number of nitrogens with zero attached hydrogens (tertiary/aromatic N) is 1. The van der Waals surface area contributed by atoms with Gasteiger partial charge >= 0.3 is 0 Å². The van der Waals surface area contributed by atoms with E-state index < -0.39 is 0 Å². The van der Waals surface area contributed by atoms with Crippen LogP contribution >= 0.6 is 0 Å². The van der Waals surface area contributed by atoms with E-state index in [0.29, 0.717) is 6.10 Å². The highest BCUT2D eigenvalue weighted by atomic mass is 16.5. The van der Waals surface area contributed by atoms with Gasteiger partial charge in [0.1, 0.15) is 5.76 Å². The number of ether oxygens (including phenoxy) is 1. The summed E-state index contributed by atoms with van der Waals surface area (Å²) >= 11 is 0. The molecule has 2 N–H and O–H groups in total. The van der Waals surface area contributed by atoms with Gasteiger partial charge < -0.3 is 14.9 Å². The van der Waals surface area contributed by atoms with E-state index in [9.17, 15) is 0 Å². The van der Waals surface area contributed by atoms with E-state index in [4.69, 9.17) is 14.9 Å². The third-order valence-electron chi connectivity index (χ3n) is 3.24. The van der Waals surface area contributed by atoms with Gasteiger partial charge in [-0.05, 0) is 25.5 Å². The molecule has 1 aliphatic rings. The summed E-state index contributed by atoms with van der Waals surface area (Å²) in [5, 5.41) is 0. The Morgan fingerprint density at radius 3 is 2.94 bits per heavy atom. The molecule has 90 valence electrons. The maximum atomic E-state index is 6.05. The maximum absolute atomic E-state index is 6.05. The Labute approximate surface area is 96.4 Å². The highest BCUT2D eigenvalue weighted by Gasteiger charge is 2.32. The average Bonchev–Trinajstić information content (AvgIpc) is 2.88. The van der Waals surface area contributed by atoms with Crippen molar-refractivity contribution in [1.82, 2.24) is 4.90 Å². The lowest BCUT2D eigenvalue weighted by molar-refractivity contribution is 0.0948. The molecular formula is C12H20N2O2. The minimum atomic E-state index is 0.0572. The molecule has 0 aromatic carbocycles. The van der Waals surface area contributed by atoms with Crippen molar-refractivity contribution >= 4 is 0 Å². The van der Waals surface area contributed by atoms with E-state index in [1.165, 1.54) is 0 Å². The van der Waals surface area contributed by atoms with Crippen LogP contribution in [0.25, 0.3) is 0 Å². The molecule has 2 rings (SSSR count). The number of hydrogen-bond acceptors (Lipinski definition) is 4. The van der Waals surface area contributed by atoms with Crippen LogP contribution in [0, 0.1) is 0 Å². The summed E-state index contributed by atoms with van der Waals surface area (Å²) < 4.78 is 10.9. The van der Waals surface area contributed by atoms with Crippen LogP contribution in [-0.2, 0) is 4.74 Å². The predicted octanol–water partition coefficient (Wildman–Crippen LogP) is 1.39. The number of rotatable bonds is 4. The van der Waals surface area contributed by atoms with Gasteiger partial charge in [0.15, 0.2) is 0 Å². The summed E-state index contributed by atoms with van der Waals surface area (Å²) in [6, 6.07) is 4.12. The van der Waals surface area contributed by atoms with Crippen LogP contribution in [0.2, 0.25) is 0 Å². The van der Waals surface area contributed by atoms with Gasteiger partial charge in [-0.1, -0.05) is 0 Å². The van der Waals surface area contributed by atoms with Crippen LogP contribution in [0.4, 0.5) is 0 Å². The third kappa shape index (κ3) is 2.29. The van der Waals surface area contributed by atoms with Crippen LogP contribution < -0.4 is 5.73 Å². The zero-order valence-electron chi connectivity index (χ0n) is 9.93. The second-order valence-corrected chi connectivity index (χ2v) is 4.46. The molecule has 3 atom stereocenters. The first-order valence-electron chi connectivity index (χ1n) is 5.78. The van der Waals surface area contributed by atoms with E-state index in [0.717, 1.165) is 25.3 Å². The summed E-state index contributed by atoms with van der Waals surface area (Å²) in [6.07, 6.45) is 3.10. The first-order chi connectivity index (χ1) is 7.72. The SMILES string of the molecule is COC1CCN(C(c2ccco2)C(C)N)C1. The van der Waals surface area contributed by atoms with Crippen LogP contribution in [-0.4, -0.2) is 37.2 Å². The normalized spacial score (nSPS) is 25.8. The molecule has 1 aromatic rings. The zero-order chi connectivity index (χ0) is 11.5. The fourth-order valence-electron chi connectivity index (χ4n) is 2.43. The Kier molecular flexibility index (Phi) is 3.63. The molecule has 2 heterocycles. The fourth-order valence-corrected chi connectivity index (χ4v) is 2.43. The summed E-state index contributed by atoms with van der Waals surface area (Å²) in [5.74, 6) is 0.951. The molecule has 4 nitrogen and oxygen atoms in total. The second kappa shape index (κ2) is 4.99. The first kappa shape index (κ1) is 11.6. The summed E-state index contributed by atoms with van der Waals surface area (Å²) in [4.78, 5) is 2.34. The number of nitrogens with two attached hydrogens (primary N) is 1. The van der Waals surface area contributed by atoms with Gasteiger partial charge in [-0.15, -0.1) is 0 Å². The lowest BCUT2D eigenvalue weighted by atomic mass is 10.1. The van der Waals surface area contributed by atoms with Crippen molar-refractivity contribution in [2.24, 2.45) is 5.73 Å². The van der Waals surface area contributed by atoms with Gasteiger partial charge in [0, 0.05) is 26.2 Å². The molecule has 0 saturated carbocycles. The highest BCUT2D eigenvalue weighted by Crippen LogP contribution is 2.28. The molecule has 0 bridgehead atoms. The first-order valence-corrected chi connectivity index (χ1v) is 5.78. The molecule has 16 heavy (non-hydrogen) atoms. The van der Waals surface area contributed by atoms with Crippen molar-refractivity contribution in [3.05, 3.63) is 24.2 Å². The molecule has 1 aliphatic heterocycles. The van der Waals surface area contributed by atoms with Crippen molar-refractivity contribution in [3.63, 3.8) is 0 Å². The van der Waals surface area contributed by atoms with Gasteiger partial charge in [0.05, 0.1) is 18.4 Å². The third-order valence-corrected chi connectivity index (χ3v) is 3.24. The van der Waals surface area contributed by atoms with E-state index in [2.05, 4.69) is 4.90 Å². The molecule has 0 spiro atoms. The van der Waals surface area contributed by atoms with Crippen molar-refractivity contribution in [1.29, 1.82) is 0 Å². The van der Waals surface area contributed by atoms with Gasteiger partial charge in [-0.2, -0.15) is 0 Å². The Hall–Kier alpha value is -0.840. The van der Waals surface area contributed by atoms with E-state index in [1.807, 2.05) is 19.1 Å². The molecule has 1 saturated heterocycles. The minimum Gasteiger partial charge on any atom is -0.468 e. The summed E-state index contributed by atoms with van der Waals surface area (Å²) in [7, 11) is 1.77. The molecule has 1 aromatic heterocycles. The molecule has 3 unspecified atom stereocenters. The standard InChI is InChI=1S/C12H20N2O2/c1-9(13)12(11-4-3-7-16-11)14-6-5-10(8-14)15-2/h3-4,7,9-10,12H,5-6,8,13H2,1-2H3. The Balaban J connectivity index is 2.09. The molecule has 0 amide bonds. The van der Waals surface area contributed by atoms with E-state index in [1.54, 1.807) is 13.4 Å². The molecule has 0 aliphatic carbocycles. The zero-order valence-corrected chi connectivity index (χ0v) is 9.93. The number of furan rings is 1. The number of likely N-dealkylation sites (tertiary alicyclic amines) is 1. The van der Waals surface area contributed by atoms with Gasteiger partial charge in [0.25, 0.3) is 0 Å². The molecule has 0 radical (unpaired) electrons. The highest BCUT2D eigenvalue weighted by molar-refractivity contribution is 5.08. The lowest BCUT2D eigenvalue weighted by Crippen LogP contribution is -2.38. The van der Waals surface area contributed by atoms with Crippen LogP contribution in [0.15, 0.2) is 22.8 Å². The smallest absolute Gasteiger partial charge is 0.122 e.